The van der Waals surface area contributed by atoms with Crippen LogP contribution in [0.5, 0.6) is 0 Å². The van der Waals surface area contributed by atoms with Crippen molar-refractivity contribution in [1.82, 2.24) is 14.9 Å². The van der Waals surface area contributed by atoms with Crippen molar-refractivity contribution in [3.8, 4) is 0 Å². The minimum absolute atomic E-state index is 0. The topological polar surface area (TPSA) is 72.9 Å². The Morgan fingerprint density at radius 3 is 2.58 bits per heavy atom. The Balaban J connectivity index is 0.00000312. The molecule has 1 heterocycles. The van der Waals surface area contributed by atoms with Crippen molar-refractivity contribution < 1.29 is 4.79 Å². The molecule has 1 aromatic carbocycles. The normalized spacial score (nSPS) is 11.4. The molecule has 0 radical (unpaired) electrons. The first-order valence-corrected chi connectivity index (χ1v) is 8.63. The number of rotatable bonds is 9. The van der Waals surface area contributed by atoms with Crippen molar-refractivity contribution in [3.05, 3.63) is 54.1 Å². The standard InChI is InChI=1S/C19H28N4O.2ClH/c1-15(2)13-17(20)19(24)22-14-18-21-10-12-23(18)11-6-9-16-7-4-3-5-8-16;;/h3-5,7-8,10,12,15,17H,6,9,11,13-14,20H2,1-2H3,(H,22,24);2*1H/t17-;;/m0../s1. The van der Waals surface area contributed by atoms with Gasteiger partial charge in [0.2, 0.25) is 5.91 Å². The molecule has 146 valence electrons. The van der Waals surface area contributed by atoms with Crippen LogP contribution in [0.1, 0.15) is 38.1 Å². The van der Waals surface area contributed by atoms with Gasteiger partial charge >= 0.3 is 0 Å². The maximum absolute atomic E-state index is 12.0. The molecule has 1 atom stereocenters. The van der Waals surface area contributed by atoms with Crippen LogP contribution in [0.2, 0.25) is 0 Å². The van der Waals surface area contributed by atoms with Gasteiger partial charge in [0.15, 0.2) is 0 Å². The Bertz CT molecular complexity index is 631. The van der Waals surface area contributed by atoms with Gasteiger partial charge in [0.25, 0.3) is 0 Å². The molecule has 0 aliphatic heterocycles. The summed E-state index contributed by atoms with van der Waals surface area (Å²) in [7, 11) is 0. The Morgan fingerprint density at radius 2 is 1.92 bits per heavy atom. The highest BCUT2D eigenvalue weighted by molar-refractivity contribution is 5.85. The van der Waals surface area contributed by atoms with E-state index in [-0.39, 0.29) is 30.7 Å². The first-order valence-electron chi connectivity index (χ1n) is 8.63. The number of amides is 1. The van der Waals surface area contributed by atoms with Crippen LogP contribution in [0.25, 0.3) is 0 Å². The second-order valence-electron chi connectivity index (χ2n) is 6.58. The van der Waals surface area contributed by atoms with E-state index in [9.17, 15) is 4.79 Å². The van der Waals surface area contributed by atoms with Gasteiger partial charge in [0.1, 0.15) is 5.82 Å². The van der Waals surface area contributed by atoms with E-state index in [1.165, 1.54) is 5.56 Å². The van der Waals surface area contributed by atoms with Crippen LogP contribution < -0.4 is 11.1 Å². The number of nitrogens with one attached hydrogen (secondary N) is 1. The zero-order valence-corrected chi connectivity index (χ0v) is 17.1. The number of nitrogens with zero attached hydrogens (tertiary/aromatic N) is 2. The van der Waals surface area contributed by atoms with Gasteiger partial charge in [0.05, 0.1) is 12.6 Å². The number of imidazole rings is 1. The van der Waals surface area contributed by atoms with E-state index < -0.39 is 6.04 Å². The van der Waals surface area contributed by atoms with Crippen LogP contribution in [0, 0.1) is 5.92 Å². The summed E-state index contributed by atoms with van der Waals surface area (Å²) >= 11 is 0. The molecule has 0 spiro atoms. The van der Waals surface area contributed by atoms with E-state index >= 15 is 0 Å². The van der Waals surface area contributed by atoms with Crippen molar-refractivity contribution in [2.75, 3.05) is 0 Å². The van der Waals surface area contributed by atoms with E-state index in [1.54, 1.807) is 6.20 Å². The molecule has 2 rings (SSSR count). The molecule has 0 fully saturated rings. The fourth-order valence-electron chi connectivity index (χ4n) is 2.72. The molecule has 7 heteroatoms. The molecule has 0 saturated heterocycles. The quantitative estimate of drug-likeness (QED) is 0.677. The maximum atomic E-state index is 12.0. The van der Waals surface area contributed by atoms with Gasteiger partial charge in [-0.05, 0) is 30.7 Å². The smallest absolute Gasteiger partial charge is 0.237 e. The third kappa shape index (κ3) is 8.21. The van der Waals surface area contributed by atoms with Crippen LogP contribution in [0.4, 0.5) is 0 Å². The van der Waals surface area contributed by atoms with Crippen LogP contribution in [0.3, 0.4) is 0 Å². The van der Waals surface area contributed by atoms with Crippen molar-refractivity contribution in [2.45, 2.75) is 52.2 Å². The zero-order valence-electron chi connectivity index (χ0n) is 15.4. The van der Waals surface area contributed by atoms with Crippen molar-refractivity contribution in [2.24, 2.45) is 11.7 Å². The Hall–Kier alpha value is -1.56. The lowest BCUT2D eigenvalue weighted by atomic mass is 10.0. The average molecular weight is 401 g/mol. The second-order valence-corrected chi connectivity index (χ2v) is 6.58. The molecule has 0 saturated carbocycles. The summed E-state index contributed by atoms with van der Waals surface area (Å²) in [5.41, 5.74) is 7.24. The SMILES string of the molecule is CC(C)C[C@H](N)C(=O)NCc1nccn1CCCc1ccccc1.Cl.Cl. The van der Waals surface area contributed by atoms with E-state index in [2.05, 4.69) is 53.0 Å². The third-order valence-corrected chi connectivity index (χ3v) is 3.99. The van der Waals surface area contributed by atoms with E-state index in [4.69, 9.17) is 5.73 Å². The summed E-state index contributed by atoms with van der Waals surface area (Å²) in [5, 5.41) is 2.89. The van der Waals surface area contributed by atoms with Crippen molar-refractivity contribution >= 4 is 30.7 Å². The number of benzene rings is 1. The number of carbonyl (C=O) groups is 1. The molecule has 0 bridgehead atoms. The van der Waals surface area contributed by atoms with Gasteiger partial charge in [-0.1, -0.05) is 44.2 Å². The summed E-state index contributed by atoms with van der Waals surface area (Å²) in [6, 6.07) is 9.99. The minimum Gasteiger partial charge on any atom is -0.348 e. The summed E-state index contributed by atoms with van der Waals surface area (Å²) < 4.78 is 2.09. The minimum atomic E-state index is -0.452. The number of hydrogen-bond donors (Lipinski definition) is 2. The number of halogens is 2. The zero-order chi connectivity index (χ0) is 17.4. The molecule has 0 unspecified atom stereocenters. The van der Waals surface area contributed by atoms with Crippen LogP contribution in [0.15, 0.2) is 42.7 Å². The van der Waals surface area contributed by atoms with Gasteiger partial charge in [-0.15, -0.1) is 24.8 Å². The number of carbonyl (C=O) groups excluding carboxylic acids is 1. The number of hydrogen-bond acceptors (Lipinski definition) is 3. The number of nitrogens with two attached hydrogens (primary N) is 1. The molecule has 0 aliphatic carbocycles. The highest BCUT2D eigenvalue weighted by Crippen LogP contribution is 2.06. The summed E-state index contributed by atoms with van der Waals surface area (Å²) in [6.45, 7) is 5.43. The number of aromatic nitrogens is 2. The Kier molecular flexibility index (Phi) is 12.0. The molecule has 1 aromatic heterocycles. The van der Waals surface area contributed by atoms with Crippen LogP contribution in [-0.2, 0) is 24.3 Å². The number of aryl methyl sites for hydroxylation is 2. The summed E-state index contributed by atoms with van der Waals surface area (Å²) in [4.78, 5) is 16.4. The largest absolute Gasteiger partial charge is 0.348 e. The van der Waals surface area contributed by atoms with Gasteiger partial charge in [-0.25, -0.2) is 4.98 Å². The fraction of sp³-hybridized carbons (Fsp3) is 0.474. The van der Waals surface area contributed by atoms with E-state index in [0.29, 0.717) is 18.9 Å². The average Bonchev–Trinajstić information content (AvgIpc) is 3.00. The molecule has 26 heavy (non-hydrogen) atoms. The van der Waals surface area contributed by atoms with Crippen molar-refractivity contribution in [3.63, 3.8) is 0 Å². The highest BCUT2D eigenvalue weighted by atomic mass is 35.5. The molecule has 2 aromatic rings. The monoisotopic (exact) mass is 400 g/mol. The molecule has 1 amide bonds. The van der Waals surface area contributed by atoms with E-state index in [0.717, 1.165) is 25.2 Å². The lowest BCUT2D eigenvalue weighted by molar-refractivity contribution is -0.122. The van der Waals surface area contributed by atoms with E-state index in [1.807, 2.05) is 12.3 Å². The van der Waals surface area contributed by atoms with Crippen molar-refractivity contribution in [1.29, 1.82) is 0 Å². The molecular formula is C19H30Cl2N4O. The summed E-state index contributed by atoms with van der Waals surface area (Å²) in [5.74, 6) is 1.17. The fourth-order valence-corrected chi connectivity index (χ4v) is 2.72. The molecule has 5 nitrogen and oxygen atoms in total. The van der Waals surface area contributed by atoms with Crippen LogP contribution >= 0.6 is 24.8 Å². The predicted molar refractivity (Wildman–Crippen MR) is 111 cm³/mol. The highest BCUT2D eigenvalue weighted by Gasteiger charge is 2.15. The first-order chi connectivity index (χ1) is 11.6. The molecule has 0 aliphatic rings. The first kappa shape index (κ1) is 24.4. The Morgan fingerprint density at radius 1 is 1.23 bits per heavy atom. The van der Waals surface area contributed by atoms with Gasteiger partial charge in [0, 0.05) is 18.9 Å². The maximum Gasteiger partial charge on any atom is 0.237 e. The lowest BCUT2D eigenvalue weighted by Gasteiger charge is -2.14. The van der Waals surface area contributed by atoms with Gasteiger partial charge in [-0.2, -0.15) is 0 Å². The molecule has 3 N–H and O–H groups in total. The lowest BCUT2D eigenvalue weighted by Crippen LogP contribution is -2.41. The summed E-state index contributed by atoms with van der Waals surface area (Å²) in [6.07, 6.45) is 6.49. The third-order valence-electron chi connectivity index (χ3n) is 3.99. The molecular weight excluding hydrogens is 371 g/mol. The predicted octanol–water partition coefficient (Wildman–Crippen LogP) is 3.35. The van der Waals surface area contributed by atoms with Crippen LogP contribution in [-0.4, -0.2) is 21.5 Å². The second kappa shape index (κ2) is 12.7. The Labute approximate surface area is 168 Å². The van der Waals surface area contributed by atoms with Gasteiger partial charge < -0.3 is 15.6 Å². The van der Waals surface area contributed by atoms with Gasteiger partial charge in [-0.3, -0.25) is 4.79 Å².